The van der Waals surface area contributed by atoms with E-state index in [0.717, 1.165) is 24.7 Å². The van der Waals surface area contributed by atoms with Crippen LogP contribution in [0.1, 0.15) is 12.0 Å². The molecule has 0 amide bonds. The van der Waals surface area contributed by atoms with Crippen molar-refractivity contribution in [2.45, 2.75) is 25.1 Å². The predicted molar refractivity (Wildman–Crippen MR) is 82.6 cm³/mol. The highest BCUT2D eigenvalue weighted by Gasteiger charge is 2.37. The predicted octanol–water partition coefficient (Wildman–Crippen LogP) is 2.21. The topological polar surface area (TPSA) is 37.4 Å². The van der Waals surface area contributed by atoms with Crippen molar-refractivity contribution in [3.05, 3.63) is 54.2 Å². The van der Waals surface area contributed by atoms with Gasteiger partial charge in [0.25, 0.3) is 0 Å². The number of nitrogens with zero attached hydrogens (tertiary/aromatic N) is 2. The van der Waals surface area contributed by atoms with Gasteiger partial charge in [-0.25, -0.2) is 4.98 Å². The van der Waals surface area contributed by atoms with E-state index in [1.165, 1.54) is 12.0 Å². The number of pyridine rings is 1. The molecule has 2 saturated heterocycles. The first-order chi connectivity index (χ1) is 10.4. The van der Waals surface area contributed by atoms with Gasteiger partial charge in [0.2, 0.25) is 0 Å². The zero-order valence-electron chi connectivity index (χ0n) is 11.9. The second-order valence-electron chi connectivity index (χ2n) is 5.77. The molecule has 2 bridgehead atoms. The van der Waals surface area contributed by atoms with Gasteiger partial charge in [-0.3, -0.25) is 0 Å². The number of hydrogen-bond donors (Lipinski definition) is 1. The van der Waals surface area contributed by atoms with E-state index in [4.69, 9.17) is 4.74 Å². The zero-order valence-corrected chi connectivity index (χ0v) is 11.9. The van der Waals surface area contributed by atoms with Crippen molar-refractivity contribution in [2.24, 2.45) is 0 Å². The molecule has 2 aliphatic heterocycles. The fraction of sp³-hybridized carbons (Fsp3) is 0.353. The summed E-state index contributed by atoms with van der Waals surface area (Å²) >= 11 is 0. The van der Waals surface area contributed by atoms with Crippen LogP contribution < -0.4 is 15.0 Å². The molecular weight excluding hydrogens is 262 g/mol. The second kappa shape index (κ2) is 5.37. The van der Waals surface area contributed by atoms with Crippen LogP contribution in [0.15, 0.2) is 48.7 Å². The summed E-state index contributed by atoms with van der Waals surface area (Å²) in [6.45, 7) is 2.74. The van der Waals surface area contributed by atoms with Crippen LogP contribution in [-0.4, -0.2) is 30.2 Å². The van der Waals surface area contributed by atoms with Crippen molar-refractivity contribution in [2.75, 3.05) is 18.0 Å². The van der Waals surface area contributed by atoms with Crippen LogP contribution in [0.2, 0.25) is 0 Å². The van der Waals surface area contributed by atoms with Gasteiger partial charge in [-0.2, -0.15) is 0 Å². The summed E-state index contributed by atoms with van der Waals surface area (Å²) < 4.78 is 5.78. The van der Waals surface area contributed by atoms with Crippen LogP contribution in [0.4, 0.5) is 5.82 Å². The normalized spacial score (nSPS) is 23.5. The van der Waals surface area contributed by atoms with Gasteiger partial charge in [-0.1, -0.05) is 30.3 Å². The lowest BCUT2D eigenvalue weighted by molar-refractivity contribution is 0.305. The number of aromatic nitrogens is 1. The Labute approximate surface area is 124 Å². The molecule has 0 spiro atoms. The molecule has 2 aliphatic rings. The third-order valence-electron chi connectivity index (χ3n) is 4.32. The summed E-state index contributed by atoms with van der Waals surface area (Å²) in [5.74, 6) is 1.89. The van der Waals surface area contributed by atoms with Crippen LogP contribution in [0.3, 0.4) is 0 Å². The maximum absolute atomic E-state index is 5.78. The van der Waals surface area contributed by atoms with Crippen molar-refractivity contribution >= 4 is 5.82 Å². The van der Waals surface area contributed by atoms with E-state index in [1.807, 2.05) is 30.5 Å². The smallest absolute Gasteiger partial charge is 0.138 e. The standard InChI is InChI=1S/C17H19N3O/c1-2-4-13(5-3-1)12-21-16-6-7-17(19-10-16)20-11-14-8-15(20)9-18-14/h1-7,10,14-15,18H,8-9,11-12H2/t14-,15-/m0/s1. The fourth-order valence-electron chi connectivity index (χ4n) is 3.21. The molecule has 3 heterocycles. The van der Waals surface area contributed by atoms with Gasteiger partial charge >= 0.3 is 0 Å². The number of ether oxygens (including phenoxy) is 1. The van der Waals surface area contributed by atoms with E-state index >= 15 is 0 Å². The lowest BCUT2D eigenvalue weighted by atomic mass is 10.2. The molecule has 0 saturated carbocycles. The average molecular weight is 281 g/mol. The maximum atomic E-state index is 5.78. The summed E-state index contributed by atoms with van der Waals surface area (Å²) in [5.41, 5.74) is 1.17. The SMILES string of the molecule is c1ccc(COc2ccc(N3C[C@@H]4C[C@H]3CN4)nc2)cc1. The van der Waals surface area contributed by atoms with Crippen molar-refractivity contribution in [3.8, 4) is 5.75 Å². The van der Waals surface area contributed by atoms with Crippen molar-refractivity contribution in [3.63, 3.8) is 0 Å². The van der Waals surface area contributed by atoms with Crippen molar-refractivity contribution in [1.29, 1.82) is 0 Å². The lowest BCUT2D eigenvalue weighted by Crippen LogP contribution is -2.43. The molecule has 4 nitrogen and oxygen atoms in total. The second-order valence-corrected chi connectivity index (χ2v) is 5.77. The molecule has 108 valence electrons. The van der Waals surface area contributed by atoms with Crippen LogP contribution >= 0.6 is 0 Å². The number of piperazine rings is 1. The summed E-state index contributed by atoms with van der Waals surface area (Å²) in [7, 11) is 0. The molecule has 0 aliphatic carbocycles. The minimum Gasteiger partial charge on any atom is -0.487 e. The number of benzene rings is 1. The van der Waals surface area contributed by atoms with Gasteiger partial charge in [0.05, 0.1) is 6.20 Å². The summed E-state index contributed by atoms with van der Waals surface area (Å²) in [5, 5.41) is 3.51. The minimum absolute atomic E-state index is 0.584. The Hall–Kier alpha value is -2.07. The summed E-state index contributed by atoms with van der Waals surface area (Å²) in [4.78, 5) is 6.97. The van der Waals surface area contributed by atoms with E-state index in [1.54, 1.807) is 0 Å². The Kier molecular flexibility index (Phi) is 3.24. The minimum atomic E-state index is 0.584. The van der Waals surface area contributed by atoms with E-state index in [2.05, 4.69) is 33.4 Å². The van der Waals surface area contributed by atoms with Gasteiger partial charge in [-0.05, 0) is 24.1 Å². The third kappa shape index (κ3) is 2.59. The first kappa shape index (κ1) is 12.7. The number of rotatable bonds is 4. The Morgan fingerprint density at radius 2 is 2.10 bits per heavy atom. The van der Waals surface area contributed by atoms with Gasteiger partial charge in [0.1, 0.15) is 18.2 Å². The van der Waals surface area contributed by atoms with Gasteiger partial charge in [0, 0.05) is 25.2 Å². The van der Waals surface area contributed by atoms with Crippen molar-refractivity contribution in [1.82, 2.24) is 10.3 Å². The Bertz CT molecular complexity index is 599. The first-order valence-electron chi connectivity index (χ1n) is 7.51. The van der Waals surface area contributed by atoms with Crippen LogP contribution in [0.25, 0.3) is 0 Å². The highest BCUT2D eigenvalue weighted by molar-refractivity contribution is 5.45. The van der Waals surface area contributed by atoms with E-state index in [9.17, 15) is 0 Å². The highest BCUT2D eigenvalue weighted by atomic mass is 16.5. The van der Waals surface area contributed by atoms with E-state index in [0.29, 0.717) is 18.7 Å². The number of nitrogens with one attached hydrogen (secondary N) is 1. The number of fused-ring (bicyclic) bond motifs is 2. The van der Waals surface area contributed by atoms with Gasteiger partial charge in [-0.15, -0.1) is 0 Å². The number of hydrogen-bond acceptors (Lipinski definition) is 4. The number of anilines is 1. The first-order valence-corrected chi connectivity index (χ1v) is 7.51. The molecule has 1 N–H and O–H groups in total. The van der Waals surface area contributed by atoms with Gasteiger partial charge < -0.3 is 15.0 Å². The summed E-state index contributed by atoms with van der Waals surface area (Å²) in [6.07, 6.45) is 3.08. The Morgan fingerprint density at radius 3 is 2.76 bits per heavy atom. The third-order valence-corrected chi connectivity index (χ3v) is 4.32. The quantitative estimate of drug-likeness (QED) is 0.932. The maximum Gasteiger partial charge on any atom is 0.138 e. The lowest BCUT2D eigenvalue weighted by Gasteiger charge is -2.28. The zero-order chi connectivity index (χ0) is 14.1. The Balaban J connectivity index is 1.40. The molecule has 21 heavy (non-hydrogen) atoms. The fourth-order valence-corrected chi connectivity index (χ4v) is 3.21. The van der Waals surface area contributed by atoms with E-state index < -0.39 is 0 Å². The Morgan fingerprint density at radius 1 is 1.19 bits per heavy atom. The summed E-state index contributed by atoms with van der Waals surface area (Å²) in [6, 6.07) is 15.5. The molecule has 2 fully saturated rings. The molecule has 1 aromatic carbocycles. The highest BCUT2D eigenvalue weighted by Crippen LogP contribution is 2.28. The molecule has 4 rings (SSSR count). The molecular formula is C17H19N3O. The monoisotopic (exact) mass is 281 g/mol. The van der Waals surface area contributed by atoms with Crippen LogP contribution in [-0.2, 0) is 6.61 Å². The van der Waals surface area contributed by atoms with Crippen LogP contribution in [0.5, 0.6) is 5.75 Å². The van der Waals surface area contributed by atoms with Crippen LogP contribution in [0, 0.1) is 0 Å². The average Bonchev–Trinajstić information content (AvgIpc) is 3.17. The largest absolute Gasteiger partial charge is 0.487 e. The molecule has 1 aromatic heterocycles. The van der Waals surface area contributed by atoms with Gasteiger partial charge in [0.15, 0.2) is 0 Å². The van der Waals surface area contributed by atoms with E-state index in [-0.39, 0.29) is 0 Å². The molecule has 4 heteroatoms. The molecule has 0 radical (unpaired) electrons. The molecule has 2 atom stereocenters. The van der Waals surface area contributed by atoms with Crippen molar-refractivity contribution < 1.29 is 4.74 Å². The molecule has 0 unspecified atom stereocenters. The molecule has 2 aromatic rings.